The summed E-state index contributed by atoms with van der Waals surface area (Å²) < 4.78 is 0. The van der Waals surface area contributed by atoms with Gasteiger partial charge in [-0.15, -0.1) is 0 Å². The standard InChI is InChI=1S/C9H17N3/c1-8(10-2)12(11-3)9-6-4-5-7-9/h9H,3-7H2,1-2H3. The van der Waals surface area contributed by atoms with E-state index in [0.29, 0.717) is 6.04 Å². The van der Waals surface area contributed by atoms with Crippen LogP contribution in [0.2, 0.25) is 0 Å². The van der Waals surface area contributed by atoms with E-state index in [-0.39, 0.29) is 0 Å². The Kier molecular flexibility index (Phi) is 3.26. The van der Waals surface area contributed by atoms with Crippen molar-refractivity contribution in [3.8, 4) is 0 Å². The van der Waals surface area contributed by atoms with E-state index in [2.05, 4.69) is 16.8 Å². The first-order chi connectivity index (χ1) is 5.79. The third-order valence-electron chi connectivity index (χ3n) is 2.48. The number of hydrogen-bond donors (Lipinski definition) is 0. The molecule has 12 heavy (non-hydrogen) atoms. The van der Waals surface area contributed by atoms with Crippen LogP contribution in [0.25, 0.3) is 0 Å². The molecule has 0 aromatic heterocycles. The normalized spacial score (nSPS) is 19.7. The van der Waals surface area contributed by atoms with Gasteiger partial charge >= 0.3 is 0 Å². The van der Waals surface area contributed by atoms with Crippen molar-refractivity contribution in [3.05, 3.63) is 0 Å². The minimum absolute atomic E-state index is 0.547. The molecule has 1 aliphatic carbocycles. The monoisotopic (exact) mass is 167 g/mol. The van der Waals surface area contributed by atoms with E-state index in [1.807, 2.05) is 11.9 Å². The lowest BCUT2D eigenvalue weighted by molar-refractivity contribution is 0.330. The molecule has 0 aromatic rings. The molecule has 0 spiro atoms. The van der Waals surface area contributed by atoms with E-state index < -0.39 is 0 Å². The summed E-state index contributed by atoms with van der Waals surface area (Å²) in [7, 11) is 1.79. The van der Waals surface area contributed by atoms with Crippen LogP contribution in [0, 0.1) is 0 Å². The molecule has 3 heteroatoms. The molecule has 0 amide bonds. The van der Waals surface area contributed by atoms with Crippen LogP contribution in [-0.4, -0.2) is 30.7 Å². The van der Waals surface area contributed by atoms with Gasteiger partial charge in [-0.25, -0.2) is 5.01 Å². The molecule has 1 rings (SSSR count). The Morgan fingerprint density at radius 1 is 1.42 bits per heavy atom. The molecule has 1 fully saturated rings. The maximum Gasteiger partial charge on any atom is 0.116 e. The van der Waals surface area contributed by atoms with Gasteiger partial charge in [-0.3, -0.25) is 4.99 Å². The topological polar surface area (TPSA) is 28.0 Å². The van der Waals surface area contributed by atoms with Gasteiger partial charge in [0.2, 0.25) is 0 Å². The first-order valence-electron chi connectivity index (χ1n) is 4.49. The lowest BCUT2D eigenvalue weighted by Gasteiger charge is -2.24. The second-order valence-electron chi connectivity index (χ2n) is 3.20. The van der Waals surface area contributed by atoms with Crippen molar-refractivity contribution in [3.63, 3.8) is 0 Å². The highest BCUT2D eigenvalue weighted by Crippen LogP contribution is 2.23. The van der Waals surface area contributed by atoms with Gasteiger partial charge in [0.15, 0.2) is 0 Å². The maximum atomic E-state index is 4.11. The molecule has 1 saturated carbocycles. The smallest absolute Gasteiger partial charge is 0.116 e. The van der Waals surface area contributed by atoms with Crippen LogP contribution in [0.1, 0.15) is 32.6 Å². The maximum absolute atomic E-state index is 4.11. The third-order valence-corrected chi connectivity index (χ3v) is 2.48. The number of aliphatic imine (C=N–C) groups is 1. The van der Waals surface area contributed by atoms with E-state index >= 15 is 0 Å². The molecule has 0 saturated heterocycles. The largest absolute Gasteiger partial charge is 0.274 e. The Labute approximate surface area is 74.2 Å². The SMILES string of the molecule is C=NN(C(C)=NC)C1CCCC1. The zero-order chi connectivity index (χ0) is 8.97. The minimum atomic E-state index is 0.547. The summed E-state index contributed by atoms with van der Waals surface area (Å²) in [4.78, 5) is 4.11. The fourth-order valence-corrected chi connectivity index (χ4v) is 1.73. The van der Waals surface area contributed by atoms with Crippen LogP contribution >= 0.6 is 0 Å². The number of nitrogens with zero attached hydrogens (tertiary/aromatic N) is 3. The average molecular weight is 167 g/mol. The molecule has 0 bridgehead atoms. The second kappa shape index (κ2) is 4.24. The molecule has 3 nitrogen and oxygen atoms in total. The summed E-state index contributed by atoms with van der Waals surface area (Å²) in [6, 6.07) is 0.547. The number of rotatable bonds is 2. The first-order valence-corrected chi connectivity index (χ1v) is 4.49. The molecule has 0 atom stereocenters. The first kappa shape index (κ1) is 9.23. The summed E-state index contributed by atoms with van der Waals surface area (Å²) in [5.41, 5.74) is 0. The van der Waals surface area contributed by atoms with E-state index in [4.69, 9.17) is 0 Å². The molecule has 0 aromatic carbocycles. The average Bonchev–Trinajstić information content (AvgIpc) is 2.58. The predicted octanol–water partition coefficient (Wildman–Crippen LogP) is 1.89. The van der Waals surface area contributed by atoms with Crippen LogP contribution in [0.4, 0.5) is 0 Å². The Balaban J connectivity index is 2.60. The number of amidine groups is 1. The molecule has 0 heterocycles. The molecule has 0 N–H and O–H groups in total. The van der Waals surface area contributed by atoms with Crippen molar-refractivity contribution in [1.82, 2.24) is 5.01 Å². The van der Waals surface area contributed by atoms with Crippen LogP contribution in [-0.2, 0) is 0 Å². The number of hydrogen-bond acceptors (Lipinski definition) is 2. The molecule has 0 aliphatic heterocycles. The lowest BCUT2D eigenvalue weighted by atomic mass is 10.2. The van der Waals surface area contributed by atoms with Gasteiger partial charge in [-0.2, -0.15) is 5.10 Å². The Morgan fingerprint density at radius 3 is 2.42 bits per heavy atom. The Hall–Kier alpha value is -0.860. The fraction of sp³-hybridized carbons (Fsp3) is 0.778. The van der Waals surface area contributed by atoms with Crippen molar-refractivity contribution in [2.24, 2.45) is 10.1 Å². The van der Waals surface area contributed by atoms with Crippen molar-refractivity contribution in [1.29, 1.82) is 0 Å². The molecular formula is C9H17N3. The van der Waals surface area contributed by atoms with Crippen LogP contribution in [0.15, 0.2) is 10.1 Å². The molecular weight excluding hydrogens is 150 g/mol. The zero-order valence-corrected chi connectivity index (χ0v) is 7.95. The minimum Gasteiger partial charge on any atom is -0.274 e. The van der Waals surface area contributed by atoms with Gasteiger partial charge in [-0.05, 0) is 19.8 Å². The second-order valence-corrected chi connectivity index (χ2v) is 3.20. The van der Waals surface area contributed by atoms with E-state index in [0.717, 1.165) is 5.84 Å². The van der Waals surface area contributed by atoms with Crippen molar-refractivity contribution < 1.29 is 0 Å². The van der Waals surface area contributed by atoms with Gasteiger partial charge in [0, 0.05) is 13.8 Å². The summed E-state index contributed by atoms with van der Waals surface area (Å²) in [5, 5.41) is 5.94. The highest BCUT2D eigenvalue weighted by atomic mass is 15.5. The van der Waals surface area contributed by atoms with Crippen LogP contribution in [0.3, 0.4) is 0 Å². The predicted molar refractivity (Wildman–Crippen MR) is 52.7 cm³/mol. The van der Waals surface area contributed by atoms with Gasteiger partial charge in [-0.1, -0.05) is 12.8 Å². The highest BCUT2D eigenvalue weighted by molar-refractivity contribution is 5.79. The Bertz CT molecular complexity index is 180. The van der Waals surface area contributed by atoms with Crippen molar-refractivity contribution in [2.45, 2.75) is 38.6 Å². The molecule has 0 unspecified atom stereocenters. The van der Waals surface area contributed by atoms with Gasteiger partial charge in [0.1, 0.15) is 5.84 Å². The van der Waals surface area contributed by atoms with Crippen LogP contribution < -0.4 is 0 Å². The van der Waals surface area contributed by atoms with E-state index in [9.17, 15) is 0 Å². The van der Waals surface area contributed by atoms with Gasteiger partial charge < -0.3 is 0 Å². The number of hydrazone groups is 1. The molecule has 1 aliphatic rings. The molecule has 0 radical (unpaired) electrons. The van der Waals surface area contributed by atoms with Gasteiger partial charge in [0.25, 0.3) is 0 Å². The van der Waals surface area contributed by atoms with Gasteiger partial charge in [0.05, 0.1) is 6.04 Å². The Morgan fingerprint density at radius 2 is 2.00 bits per heavy atom. The summed E-state index contributed by atoms with van der Waals surface area (Å²) in [6.07, 6.45) is 5.08. The van der Waals surface area contributed by atoms with E-state index in [1.165, 1.54) is 25.7 Å². The van der Waals surface area contributed by atoms with Crippen molar-refractivity contribution in [2.75, 3.05) is 7.05 Å². The highest BCUT2D eigenvalue weighted by Gasteiger charge is 2.22. The summed E-state index contributed by atoms with van der Waals surface area (Å²) in [6.45, 7) is 5.55. The fourth-order valence-electron chi connectivity index (χ4n) is 1.73. The third kappa shape index (κ3) is 1.84. The van der Waals surface area contributed by atoms with Crippen LogP contribution in [0.5, 0.6) is 0 Å². The van der Waals surface area contributed by atoms with E-state index in [1.54, 1.807) is 7.05 Å². The molecule has 68 valence electrons. The quantitative estimate of drug-likeness (QED) is 0.350. The van der Waals surface area contributed by atoms with Crippen molar-refractivity contribution >= 4 is 12.6 Å². The zero-order valence-electron chi connectivity index (χ0n) is 7.95. The summed E-state index contributed by atoms with van der Waals surface area (Å²) in [5.74, 6) is 0.969. The summed E-state index contributed by atoms with van der Waals surface area (Å²) >= 11 is 0. The lowest BCUT2D eigenvalue weighted by Crippen LogP contribution is -2.32.